The number of hydrogen-bond acceptors (Lipinski definition) is 7. The van der Waals surface area contributed by atoms with Gasteiger partial charge < -0.3 is 5.32 Å². The second kappa shape index (κ2) is 12.2. The van der Waals surface area contributed by atoms with Gasteiger partial charge in [0.05, 0.1) is 35.3 Å². The van der Waals surface area contributed by atoms with Gasteiger partial charge in [0.25, 0.3) is 18.3 Å². The van der Waals surface area contributed by atoms with Gasteiger partial charge in [-0.05, 0) is 60.2 Å². The minimum absolute atomic E-state index is 0.00975. The molecule has 266 valence electrons. The Morgan fingerprint density at radius 1 is 1.06 bits per heavy atom. The Kier molecular flexibility index (Phi) is 8.14. The van der Waals surface area contributed by atoms with E-state index < -0.39 is 93.0 Å². The maximum Gasteiger partial charge on any atom is 0.293 e. The summed E-state index contributed by atoms with van der Waals surface area (Å²) >= 11 is 0. The molecule has 1 unspecified atom stereocenters. The van der Waals surface area contributed by atoms with Gasteiger partial charge in [0.2, 0.25) is 15.9 Å². The lowest BCUT2D eigenvalue weighted by atomic mass is 9.94. The van der Waals surface area contributed by atoms with Crippen molar-refractivity contribution in [3.63, 3.8) is 0 Å². The van der Waals surface area contributed by atoms with Crippen molar-refractivity contribution in [1.29, 1.82) is 0 Å². The van der Waals surface area contributed by atoms with Crippen LogP contribution in [-0.2, 0) is 33.7 Å². The zero-order chi connectivity index (χ0) is 36.6. The Balaban J connectivity index is 1.31. The molecule has 1 fully saturated rings. The zero-order valence-corrected chi connectivity index (χ0v) is 26.8. The molecule has 0 saturated heterocycles. The number of halogens is 7. The second-order valence-corrected chi connectivity index (χ2v) is 14.1. The van der Waals surface area contributed by atoms with Crippen molar-refractivity contribution in [3.05, 3.63) is 99.9 Å². The molecule has 3 atom stereocenters. The summed E-state index contributed by atoms with van der Waals surface area (Å²) in [6, 6.07) is 5.82. The van der Waals surface area contributed by atoms with Gasteiger partial charge in [-0.25, -0.2) is 40.1 Å². The first-order valence-corrected chi connectivity index (χ1v) is 17.1. The van der Waals surface area contributed by atoms with E-state index in [1.807, 2.05) is 0 Å². The molecule has 3 aromatic heterocycles. The molecular weight excluding hydrogens is 711 g/mol. The molecule has 7 rings (SSSR count). The normalized spacial score (nSPS) is 18.1. The molecule has 11 nitrogen and oxygen atoms in total. The Bertz CT molecular complexity index is 2340. The number of amides is 2. The van der Waals surface area contributed by atoms with E-state index in [0.717, 1.165) is 24.3 Å². The molecular formula is C32H24F7N7O4S. The van der Waals surface area contributed by atoms with Crippen molar-refractivity contribution in [2.45, 2.75) is 43.7 Å². The summed E-state index contributed by atoms with van der Waals surface area (Å²) in [5.41, 5.74) is -1.87. The highest BCUT2D eigenvalue weighted by atomic mass is 32.2. The number of benzene rings is 2. The van der Waals surface area contributed by atoms with Crippen LogP contribution in [0.1, 0.15) is 63.4 Å². The van der Waals surface area contributed by atoms with Gasteiger partial charge in [-0.1, -0.05) is 6.07 Å². The standard InChI is InChI=1S/C32H24F7N7O4S/c1-51(49,50)45-31(48)19-7-14(2-3-21(19)35)17-10-22-24(11-40-43-22)42-27(17)23(6-13-4-15(33)8-16(34)5-13)41-25(47)12-46-29-26(28(44-46)30(36)37)18-9-20(18)32(29,38)39/h2-5,7-8,10-11,18,20,23,30H,6,9,12H2,1H3,(H,40,43)(H,41,47)(H,45,48)/t18-,20?,23-/m0/s1. The van der Waals surface area contributed by atoms with Crippen LogP contribution in [0.2, 0.25) is 0 Å². The van der Waals surface area contributed by atoms with Gasteiger partial charge in [-0.3, -0.25) is 19.4 Å². The Morgan fingerprint density at radius 2 is 1.78 bits per heavy atom. The van der Waals surface area contributed by atoms with E-state index in [1.54, 1.807) is 4.72 Å². The minimum Gasteiger partial charge on any atom is -0.346 e. The summed E-state index contributed by atoms with van der Waals surface area (Å²) in [6.45, 7) is -0.937. The van der Waals surface area contributed by atoms with Crippen molar-refractivity contribution >= 4 is 32.9 Å². The summed E-state index contributed by atoms with van der Waals surface area (Å²) in [5.74, 6) is -10.8. The molecule has 19 heteroatoms. The van der Waals surface area contributed by atoms with Gasteiger partial charge in [0, 0.05) is 23.1 Å². The van der Waals surface area contributed by atoms with E-state index in [-0.39, 0.29) is 46.3 Å². The molecule has 3 heterocycles. The lowest BCUT2D eigenvalue weighted by molar-refractivity contribution is -0.123. The predicted molar refractivity (Wildman–Crippen MR) is 164 cm³/mol. The monoisotopic (exact) mass is 735 g/mol. The molecule has 0 radical (unpaired) electrons. The zero-order valence-electron chi connectivity index (χ0n) is 26.0. The molecule has 2 aromatic carbocycles. The number of H-pyrrole nitrogens is 1. The third-order valence-corrected chi connectivity index (χ3v) is 9.30. The van der Waals surface area contributed by atoms with Crippen molar-refractivity contribution in [2.24, 2.45) is 5.92 Å². The van der Waals surface area contributed by atoms with E-state index >= 15 is 8.78 Å². The Hall–Kier alpha value is -5.33. The lowest BCUT2D eigenvalue weighted by Gasteiger charge is -2.23. The summed E-state index contributed by atoms with van der Waals surface area (Å²) in [5, 5.41) is 12.9. The molecule has 2 aliphatic carbocycles. The highest BCUT2D eigenvalue weighted by Gasteiger charge is 2.67. The lowest BCUT2D eigenvalue weighted by Crippen LogP contribution is -2.35. The summed E-state index contributed by atoms with van der Waals surface area (Å²) in [4.78, 5) is 30.9. The molecule has 0 aliphatic heterocycles. The van der Waals surface area contributed by atoms with Crippen LogP contribution in [0.4, 0.5) is 30.7 Å². The number of aromatic nitrogens is 5. The van der Waals surface area contributed by atoms with E-state index in [4.69, 9.17) is 0 Å². The number of hydrogen-bond donors (Lipinski definition) is 3. The Labute approximate surface area is 283 Å². The van der Waals surface area contributed by atoms with E-state index in [1.165, 1.54) is 18.3 Å². The fourth-order valence-electron chi connectivity index (χ4n) is 6.61. The number of nitrogens with zero attached hydrogens (tertiary/aromatic N) is 4. The number of carbonyl (C=O) groups is 2. The van der Waals surface area contributed by atoms with Crippen molar-refractivity contribution in [1.82, 2.24) is 35.0 Å². The summed E-state index contributed by atoms with van der Waals surface area (Å²) in [6.07, 6.45) is -1.53. The quantitative estimate of drug-likeness (QED) is 0.167. The van der Waals surface area contributed by atoms with Crippen LogP contribution in [0.3, 0.4) is 0 Å². The number of rotatable bonds is 10. The number of sulfonamides is 1. The molecule has 3 N–H and O–H groups in total. The van der Waals surface area contributed by atoms with Gasteiger partial charge in [0.1, 0.15) is 40.9 Å². The predicted octanol–water partition coefficient (Wildman–Crippen LogP) is 5.17. The highest BCUT2D eigenvalue weighted by Crippen LogP contribution is 2.68. The fraction of sp³-hybridized carbons (Fsp3) is 0.281. The molecule has 5 aromatic rings. The smallest absolute Gasteiger partial charge is 0.293 e. The number of aromatic amines is 1. The topological polar surface area (TPSA) is 152 Å². The number of pyridine rings is 1. The average Bonchev–Trinajstić information content (AvgIpc) is 3.44. The third-order valence-electron chi connectivity index (χ3n) is 8.74. The van der Waals surface area contributed by atoms with Crippen molar-refractivity contribution < 1.29 is 48.7 Å². The first kappa shape index (κ1) is 34.1. The van der Waals surface area contributed by atoms with Crippen LogP contribution in [0, 0.1) is 23.4 Å². The van der Waals surface area contributed by atoms with Crippen LogP contribution >= 0.6 is 0 Å². The first-order valence-electron chi connectivity index (χ1n) is 15.2. The number of fused-ring (bicyclic) bond motifs is 4. The SMILES string of the molecule is CS(=O)(=O)NC(=O)c1cc(-c2cc3[nH]ncc3nc2[C@H](Cc2cc(F)cc(F)c2)NC(=O)Cn2nc(C(F)F)c3c2C(F)(F)C2C[C@H]32)ccc1F. The third kappa shape index (κ3) is 6.41. The molecule has 2 aliphatic rings. The van der Waals surface area contributed by atoms with Crippen molar-refractivity contribution in [2.75, 3.05) is 6.26 Å². The van der Waals surface area contributed by atoms with E-state index in [0.29, 0.717) is 22.5 Å². The second-order valence-electron chi connectivity index (χ2n) is 12.4. The number of carbonyl (C=O) groups excluding carboxylic acids is 2. The number of nitrogens with one attached hydrogen (secondary N) is 3. The van der Waals surface area contributed by atoms with Crippen LogP contribution in [0.5, 0.6) is 0 Å². The Morgan fingerprint density at radius 3 is 2.47 bits per heavy atom. The van der Waals surface area contributed by atoms with Gasteiger partial charge >= 0.3 is 0 Å². The number of alkyl halides is 4. The molecule has 1 saturated carbocycles. The van der Waals surface area contributed by atoms with Crippen LogP contribution < -0.4 is 10.0 Å². The summed E-state index contributed by atoms with van der Waals surface area (Å²) in [7, 11) is -4.10. The average molecular weight is 736 g/mol. The van der Waals surface area contributed by atoms with Gasteiger partial charge in [-0.2, -0.15) is 19.0 Å². The van der Waals surface area contributed by atoms with Crippen molar-refractivity contribution in [3.8, 4) is 11.1 Å². The van der Waals surface area contributed by atoms with Crippen LogP contribution in [0.15, 0.2) is 48.7 Å². The molecule has 51 heavy (non-hydrogen) atoms. The van der Waals surface area contributed by atoms with Gasteiger partial charge in [0.15, 0.2) is 0 Å². The largest absolute Gasteiger partial charge is 0.346 e. The maximum absolute atomic E-state index is 15.2. The first-order chi connectivity index (χ1) is 24.0. The van der Waals surface area contributed by atoms with Crippen LogP contribution in [0.25, 0.3) is 22.2 Å². The van der Waals surface area contributed by atoms with Crippen LogP contribution in [-0.4, -0.2) is 51.4 Å². The maximum atomic E-state index is 15.2. The summed E-state index contributed by atoms with van der Waals surface area (Å²) < 4.78 is 127. The molecule has 0 bridgehead atoms. The minimum atomic E-state index is -4.10. The fourth-order valence-corrected chi connectivity index (χ4v) is 7.06. The van der Waals surface area contributed by atoms with E-state index in [9.17, 15) is 40.0 Å². The molecule has 2 amide bonds. The molecule has 0 spiro atoms. The van der Waals surface area contributed by atoms with Gasteiger partial charge in [-0.15, -0.1) is 0 Å². The highest BCUT2D eigenvalue weighted by molar-refractivity contribution is 7.89. The van der Waals surface area contributed by atoms with E-state index in [2.05, 4.69) is 25.6 Å².